The Morgan fingerprint density at radius 2 is 1.87 bits per heavy atom. The van der Waals surface area contributed by atoms with Gasteiger partial charge in [0.2, 0.25) is 0 Å². The fourth-order valence-corrected chi connectivity index (χ4v) is 4.02. The van der Waals surface area contributed by atoms with Crippen molar-refractivity contribution in [3.8, 4) is 0 Å². The molecule has 0 aliphatic rings. The molecule has 158 valence electrons. The summed E-state index contributed by atoms with van der Waals surface area (Å²) in [7, 11) is 0. The van der Waals surface area contributed by atoms with Gasteiger partial charge in [-0.25, -0.2) is 0 Å². The van der Waals surface area contributed by atoms with Crippen molar-refractivity contribution in [1.82, 2.24) is 9.88 Å². The van der Waals surface area contributed by atoms with Crippen LogP contribution in [0.15, 0.2) is 70.1 Å². The van der Waals surface area contributed by atoms with Crippen LogP contribution in [-0.2, 0) is 13.1 Å². The lowest BCUT2D eigenvalue weighted by atomic mass is 10.1. The van der Waals surface area contributed by atoms with E-state index < -0.39 is 0 Å². The number of H-pyrrole nitrogens is 1. The van der Waals surface area contributed by atoms with E-state index in [2.05, 4.69) is 29.4 Å². The highest BCUT2D eigenvalue weighted by molar-refractivity contribution is 7.80. The van der Waals surface area contributed by atoms with Crippen LogP contribution in [0.25, 0.3) is 10.9 Å². The number of aromatic amines is 1. The van der Waals surface area contributed by atoms with E-state index in [4.69, 9.17) is 16.6 Å². The summed E-state index contributed by atoms with van der Waals surface area (Å²) in [6, 6.07) is 17.9. The number of nitrogens with zero attached hydrogens (tertiary/aromatic N) is 1. The van der Waals surface area contributed by atoms with Gasteiger partial charge in [0.1, 0.15) is 5.76 Å². The molecular weight excluding hydrogens is 406 g/mol. The molecule has 2 N–H and O–H groups in total. The van der Waals surface area contributed by atoms with Crippen molar-refractivity contribution < 1.29 is 4.42 Å². The number of furan rings is 1. The smallest absolute Gasteiger partial charge is 0.253 e. The van der Waals surface area contributed by atoms with Gasteiger partial charge >= 0.3 is 0 Å². The average Bonchev–Trinajstić information content (AvgIpc) is 3.22. The Morgan fingerprint density at radius 3 is 2.61 bits per heavy atom. The molecule has 0 fully saturated rings. The van der Waals surface area contributed by atoms with Gasteiger partial charge in [0.05, 0.1) is 24.9 Å². The van der Waals surface area contributed by atoms with E-state index >= 15 is 0 Å². The number of thiocarbonyl (C=S) groups is 1. The number of benzene rings is 2. The van der Waals surface area contributed by atoms with E-state index in [1.807, 2.05) is 61.2 Å². The highest BCUT2D eigenvalue weighted by atomic mass is 32.1. The van der Waals surface area contributed by atoms with Crippen molar-refractivity contribution in [1.29, 1.82) is 0 Å². The van der Waals surface area contributed by atoms with Crippen LogP contribution >= 0.6 is 12.2 Å². The first-order valence-corrected chi connectivity index (χ1v) is 10.6. The van der Waals surface area contributed by atoms with Crippen molar-refractivity contribution in [2.24, 2.45) is 0 Å². The number of hydrogen-bond donors (Lipinski definition) is 2. The Kier molecular flexibility index (Phi) is 5.91. The predicted octanol–water partition coefficient (Wildman–Crippen LogP) is 5.45. The molecule has 0 bridgehead atoms. The predicted molar refractivity (Wildman–Crippen MR) is 129 cm³/mol. The maximum atomic E-state index is 12.9. The van der Waals surface area contributed by atoms with Crippen LogP contribution in [0.2, 0.25) is 0 Å². The van der Waals surface area contributed by atoms with E-state index in [1.165, 1.54) is 0 Å². The fraction of sp³-hybridized carbons (Fsp3) is 0.200. The quantitative estimate of drug-likeness (QED) is 0.412. The maximum Gasteiger partial charge on any atom is 0.253 e. The lowest BCUT2D eigenvalue weighted by Gasteiger charge is -2.25. The van der Waals surface area contributed by atoms with Gasteiger partial charge in [-0.3, -0.25) is 4.79 Å². The molecule has 0 spiro atoms. The summed E-state index contributed by atoms with van der Waals surface area (Å²) in [5.41, 5.74) is 5.68. The van der Waals surface area contributed by atoms with E-state index in [0.717, 1.165) is 39.0 Å². The highest BCUT2D eigenvalue weighted by Crippen LogP contribution is 2.20. The van der Waals surface area contributed by atoms with Crippen LogP contribution < -0.4 is 10.9 Å². The van der Waals surface area contributed by atoms with Crippen molar-refractivity contribution in [3.05, 3.63) is 99.2 Å². The summed E-state index contributed by atoms with van der Waals surface area (Å²) in [6.07, 6.45) is 1.64. The van der Waals surface area contributed by atoms with E-state index in [9.17, 15) is 4.79 Å². The molecule has 0 unspecified atom stereocenters. The number of rotatable bonds is 5. The SMILES string of the molecule is Cc1cccc(NC(=S)N(Cc2ccco2)Cc2cc3cc(C)cc(C)c3[nH]c2=O)c1. The van der Waals surface area contributed by atoms with Crippen LogP contribution in [0.3, 0.4) is 0 Å². The molecular formula is C25H25N3O2S. The van der Waals surface area contributed by atoms with Crippen LogP contribution in [0, 0.1) is 20.8 Å². The Labute approximate surface area is 186 Å². The molecule has 6 heteroatoms. The second kappa shape index (κ2) is 8.78. The van der Waals surface area contributed by atoms with Crippen LogP contribution in [-0.4, -0.2) is 15.0 Å². The summed E-state index contributed by atoms with van der Waals surface area (Å²) in [5.74, 6) is 0.775. The van der Waals surface area contributed by atoms with Gasteiger partial charge in [0.15, 0.2) is 5.11 Å². The molecule has 2 heterocycles. The Bertz CT molecular complexity index is 1290. The number of aromatic nitrogens is 1. The minimum Gasteiger partial charge on any atom is -0.467 e. The van der Waals surface area contributed by atoms with Crippen molar-refractivity contribution in [2.45, 2.75) is 33.9 Å². The first-order valence-electron chi connectivity index (χ1n) is 10.2. The van der Waals surface area contributed by atoms with E-state index in [0.29, 0.717) is 23.8 Å². The molecule has 0 aliphatic carbocycles. The second-order valence-corrected chi connectivity index (χ2v) is 8.29. The van der Waals surface area contributed by atoms with Crippen molar-refractivity contribution in [2.75, 3.05) is 5.32 Å². The largest absolute Gasteiger partial charge is 0.467 e. The van der Waals surface area contributed by atoms with Gasteiger partial charge in [-0.2, -0.15) is 0 Å². The van der Waals surface area contributed by atoms with E-state index in [1.54, 1.807) is 6.26 Å². The van der Waals surface area contributed by atoms with Gasteiger partial charge in [-0.05, 0) is 85.9 Å². The fourth-order valence-electron chi connectivity index (χ4n) is 3.77. The summed E-state index contributed by atoms with van der Waals surface area (Å²) < 4.78 is 5.54. The molecule has 2 aromatic carbocycles. The molecule has 0 saturated heterocycles. The number of hydrogen-bond acceptors (Lipinski definition) is 3. The maximum absolute atomic E-state index is 12.9. The van der Waals surface area contributed by atoms with Gasteiger partial charge < -0.3 is 19.6 Å². The van der Waals surface area contributed by atoms with Crippen LogP contribution in [0.5, 0.6) is 0 Å². The van der Waals surface area contributed by atoms with Gasteiger partial charge in [-0.1, -0.05) is 23.8 Å². The standard InChI is InChI=1S/C25H25N3O2S/c1-16-6-4-7-21(12-16)26-25(31)28(15-22-8-5-9-30-22)14-20-13-19-11-17(2)10-18(3)23(19)27-24(20)29/h4-13H,14-15H2,1-3H3,(H,26,31)(H,27,29). The summed E-state index contributed by atoms with van der Waals surface area (Å²) in [4.78, 5) is 17.8. The third-order valence-electron chi connectivity index (χ3n) is 5.21. The summed E-state index contributed by atoms with van der Waals surface area (Å²) in [6.45, 7) is 6.91. The average molecular weight is 432 g/mol. The summed E-state index contributed by atoms with van der Waals surface area (Å²) in [5, 5.41) is 4.84. The number of aryl methyl sites for hydroxylation is 3. The zero-order valence-electron chi connectivity index (χ0n) is 17.9. The third kappa shape index (κ3) is 4.86. The third-order valence-corrected chi connectivity index (χ3v) is 5.58. The Morgan fingerprint density at radius 1 is 1.03 bits per heavy atom. The molecule has 0 aliphatic heterocycles. The van der Waals surface area contributed by atoms with Crippen LogP contribution in [0.1, 0.15) is 28.0 Å². The first kappa shape index (κ1) is 20.9. The van der Waals surface area contributed by atoms with Gasteiger partial charge in [0.25, 0.3) is 5.56 Å². The van der Waals surface area contributed by atoms with Gasteiger partial charge in [0, 0.05) is 11.3 Å². The molecule has 2 aromatic heterocycles. The number of fused-ring (bicyclic) bond motifs is 1. The second-order valence-electron chi connectivity index (χ2n) is 7.90. The van der Waals surface area contributed by atoms with Crippen molar-refractivity contribution in [3.63, 3.8) is 0 Å². The van der Waals surface area contributed by atoms with Crippen molar-refractivity contribution >= 4 is 33.9 Å². The van der Waals surface area contributed by atoms with Crippen LogP contribution in [0.4, 0.5) is 5.69 Å². The number of anilines is 1. The Balaban J connectivity index is 1.66. The molecule has 4 aromatic rings. The lowest BCUT2D eigenvalue weighted by molar-refractivity contribution is 0.359. The molecule has 0 amide bonds. The number of nitrogens with one attached hydrogen (secondary N) is 2. The molecule has 5 nitrogen and oxygen atoms in total. The zero-order valence-corrected chi connectivity index (χ0v) is 18.7. The molecule has 31 heavy (non-hydrogen) atoms. The minimum atomic E-state index is -0.109. The van der Waals surface area contributed by atoms with E-state index in [-0.39, 0.29) is 5.56 Å². The van der Waals surface area contributed by atoms with Gasteiger partial charge in [-0.15, -0.1) is 0 Å². The zero-order chi connectivity index (χ0) is 22.0. The topological polar surface area (TPSA) is 61.3 Å². The Hall–Kier alpha value is -3.38. The minimum absolute atomic E-state index is 0.109. The number of pyridine rings is 1. The molecule has 0 radical (unpaired) electrons. The monoisotopic (exact) mass is 431 g/mol. The molecule has 0 atom stereocenters. The molecule has 4 rings (SSSR count). The lowest BCUT2D eigenvalue weighted by Crippen LogP contribution is -2.35. The highest BCUT2D eigenvalue weighted by Gasteiger charge is 2.16. The first-order chi connectivity index (χ1) is 14.9. The molecule has 0 saturated carbocycles. The summed E-state index contributed by atoms with van der Waals surface area (Å²) >= 11 is 5.71. The normalized spacial score (nSPS) is 10.9.